The van der Waals surface area contributed by atoms with Gasteiger partial charge in [-0.1, -0.05) is 18.0 Å². The molecule has 1 aliphatic carbocycles. The molecule has 1 aliphatic rings. The highest BCUT2D eigenvalue weighted by molar-refractivity contribution is 5.52. The van der Waals surface area contributed by atoms with E-state index in [4.69, 9.17) is 10.3 Å². The fourth-order valence-electron chi connectivity index (χ4n) is 2.69. The standard InChI is InChI=1S/C14H18N4O/c1-14(7-3-2-6-11(14)15)13-17-12(18-19-13)10-5-4-8-16-9-10/h4-5,8-9,11H,2-3,6-7,15H2,1H3. The molecule has 2 N–H and O–H groups in total. The van der Waals surface area contributed by atoms with Crippen LogP contribution in [-0.4, -0.2) is 21.2 Å². The SMILES string of the molecule is CC1(c2nc(-c3cccnc3)no2)CCCCC1N. The first-order chi connectivity index (χ1) is 9.20. The van der Waals surface area contributed by atoms with Gasteiger partial charge >= 0.3 is 0 Å². The lowest BCUT2D eigenvalue weighted by Crippen LogP contribution is -2.45. The molecular weight excluding hydrogens is 240 g/mol. The first-order valence-corrected chi connectivity index (χ1v) is 6.70. The molecule has 1 saturated carbocycles. The van der Waals surface area contributed by atoms with Crippen molar-refractivity contribution in [3.8, 4) is 11.4 Å². The third kappa shape index (κ3) is 2.14. The van der Waals surface area contributed by atoms with E-state index in [1.54, 1.807) is 12.4 Å². The maximum absolute atomic E-state index is 6.25. The Hall–Kier alpha value is -1.75. The Bertz CT molecular complexity index is 554. The van der Waals surface area contributed by atoms with Gasteiger partial charge < -0.3 is 10.3 Å². The van der Waals surface area contributed by atoms with Crippen molar-refractivity contribution < 1.29 is 4.52 Å². The Balaban J connectivity index is 1.93. The largest absolute Gasteiger partial charge is 0.338 e. The van der Waals surface area contributed by atoms with Crippen molar-refractivity contribution >= 4 is 0 Å². The molecule has 2 aromatic heterocycles. The van der Waals surface area contributed by atoms with Crippen LogP contribution in [0.5, 0.6) is 0 Å². The molecule has 0 radical (unpaired) electrons. The molecule has 5 nitrogen and oxygen atoms in total. The quantitative estimate of drug-likeness (QED) is 0.894. The summed E-state index contributed by atoms with van der Waals surface area (Å²) in [5.41, 5.74) is 6.92. The van der Waals surface area contributed by atoms with Gasteiger partial charge in [0.05, 0.1) is 5.41 Å². The van der Waals surface area contributed by atoms with Crippen LogP contribution in [0.1, 0.15) is 38.5 Å². The molecule has 0 aromatic carbocycles. The number of pyridine rings is 1. The number of aromatic nitrogens is 3. The summed E-state index contributed by atoms with van der Waals surface area (Å²) in [5.74, 6) is 1.24. The summed E-state index contributed by atoms with van der Waals surface area (Å²) in [6.07, 6.45) is 7.82. The van der Waals surface area contributed by atoms with Crippen LogP contribution >= 0.6 is 0 Å². The summed E-state index contributed by atoms with van der Waals surface area (Å²) in [7, 11) is 0. The van der Waals surface area contributed by atoms with E-state index in [1.165, 1.54) is 6.42 Å². The van der Waals surface area contributed by atoms with Crippen molar-refractivity contribution in [3.63, 3.8) is 0 Å². The minimum atomic E-state index is -0.203. The summed E-state index contributed by atoms with van der Waals surface area (Å²) >= 11 is 0. The van der Waals surface area contributed by atoms with Gasteiger partial charge in [-0.2, -0.15) is 4.98 Å². The normalized spacial score (nSPS) is 27.4. The van der Waals surface area contributed by atoms with E-state index >= 15 is 0 Å². The monoisotopic (exact) mass is 258 g/mol. The Kier molecular flexibility index (Phi) is 3.06. The summed E-state index contributed by atoms with van der Waals surface area (Å²) in [5, 5.41) is 4.06. The van der Waals surface area contributed by atoms with E-state index in [0.717, 1.165) is 24.8 Å². The average molecular weight is 258 g/mol. The number of nitrogens with two attached hydrogens (primary N) is 1. The fourth-order valence-corrected chi connectivity index (χ4v) is 2.69. The van der Waals surface area contributed by atoms with Gasteiger partial charge in [0.1, 0.15) is 0 Å². The predicted octanol–water partition coefficient (Wildman–Crippen LogP) is 2.29. The van der Waals surface area contributed by atoms with E-state index in [1.807, 2.05) is 12.1 Å². The molecule has 2 unspecified atom stereocenters. The van der Waals surface area contributed by atoms with Crippen LogP contribution in [0.25, 0.3) is 11.4 Å². The highest BCUT2D eigenvalue weighted by Crippen LogP contribution is 2.37. The minimum absolute atomic E-state index is 0.0865. The molecular formula is C14H18N4O. The summed E-state index contributed by atoms with van der Waals surface area (Å²) in [4.78, 5) is 8.60. The minimum Gasteiger partial charge on any atom is -0.338 e. The lowest BCUT2D eigenvalue weighted by molar-refractivity contribution is 0.203. The van der Waals surface area contributed by atoms with Crippen molar-refractivity contribution in [1.82, 2.24) is 15.1 Å². The molecule has 2 aromatic rings. The molecule has 2 heterocycles. The van der Waals surface area contributed by atoms with Gasteiger partial charge in [-0.3, -0.25) is 4.98 Å². The fraction of sp³-hybridized carbons (Fsp3) is 0.500. The Morgan fingerprint density at radius 1 is 1.42 bits per heavy atom. The number of nitrogens with zero attached hydrogens (tertiary/aromatic N) is 3. The molecule has 2 atom stereocenters. The topological polar surface area (TPSA) is 77.8 Å². The molecule has 0 bridgehead atoms. The summed E-state index contributed by atoms with van der Waals surface area (Å²) < 4.78 is 5.46. The van der Waals surface area contributed by atoms with E-state index in [-0.39, 0.29) is 11.5 Å². The van der Waals surface area contributed by atoms with Gasteiger partial charge in [0, 0.05) is 24.0 Å². The van der Waals surface area contributed by atoms with Crippen molar-refractivity contribution in [2.45, 2.75) is 44.1 Å². The van der Waals surface area contributed by atoms with Crippen LogP contribution in [0, 0.1) is 0 Å². The number of hydrogen-bond donors (Lipinski definition) is 1. The lowest BCUT2D eigenvalue weighted by Gasteiger charge is -2.35. The van der Waals surface area contributed by atoms with Crippen molar-refractivity contribution in [2.75, 3.05) is 0 Å². The molecule has 0 amide bonds. The molecule has 19 heavy (non-hydrogen) atoms. The Morgan fingerprint density at radius 2 is 2.32 bits per heavy atom. The van der Waals surface area contributed by atoms with Crippen LogP contribution in [-0.2, 0) is 5.41 Å². The number of hydrogen-bond acceptors (Lipinski definition) is 5. The van der Waals surface area contributed by atoms with Crippen LogP contribution in [0.15, 0.2) is 29.0 Å². The van der Waals surface area contributed by atoms with Gasteiger partial charge in [0.15, 0.2) is 0 Å². The highest BCUT2D eigenvalue weighted by Gasteiger charge is 2.40. The van der Waals surface area contributed by atoms with E-state index in [0.29, 0.717) is 11.7 Å². The van der Waals surface area contributed by atoms with Gasteiger partial charge in [0.2, 0.25) is 11.7 Å². The zero-order valence-electron chi connectivity index (χ0n) is 11.0. The Labute approximate surface area is 112 Å². The molecule has 3 rings (SSSR count). The second kappa shape index (κ2) is 4.74. The average Bonchev–Trinajstić information content (AvgIpc) is 2.94. The Morgan fingerprint density at radius 3 is 3.05 bits per heavy atom. The zero-order chi connectivity index (χ0) is 13.3. The van der Waals surface area contributed by atoms with E-state index in [9.17, 15) is 0 Å². The first-order valence-electron chi connectivity index (χ1n) is 6.70. The molecule has 0 saturated heterocycles. The third-order valence-corrected chi connectivity index (χ3v) is 4.11. The molecule has 100 valence electrons. The predicted molar refractivity (Wildman–Crippen MR) is 71.3 cm³/mol. The highest BCUT2D eigenvalue weighted by atomic mass is 16.5. The van der Waals surface area contributed by atoms with Gasteiger partial charge in [0.25, 0.3) is 0 Å². The van der Waals surface area contributed by atoms with Gasteiger partial charge in [-0.15, -0.1) is 0 Å². The van der Waals surface area contributed by atoms with Crippen LogP contribution in [0.4, 0.5) is 0 Å². The lowest BCUT2D eigenvalue weighted by atomic mass is 9.72. The third-order valence-electron chi connectivity index (χ3n) is 4.11. The molecule has 5 heteroatoms. The second-order valence-corrected chi connectivity index (χ2v) is 5.43. The molecule has 1 fully saturated rings. The number of rotatable bonds is 2. The summed E-state index contributed by atoms with van der Waals surface area (Å²) in [6, 6.07) is 3.87. The van der Waals surface area contributed by atoms with E-state index in [2.05, 4.69) is 22.0 Å². The van der Waals surface area contributed by atoms with Crippen LogP contribution in [0.3, 0.4) is 0 Å². The van der Waals surface area contributed by atoms with Crippen LogP contribution < -0.4 is 5.73 Å². The first kappa shape index (κ1) is 12.3. The van der Waals surface area contributed by atoms with Gasteiger partial charge in [-0.05, 0) is 31.9 Å². The second-order valence-electron chi connectivity index (χ2n) is 5.43. The zero-order valence-corrected chi connectivity index (χ0v) is 11.0. The maximum Gasteiger partial charge on any atom is 0.234 e. The van der Waals surface area contributed by atoms with Crippen molar-refractivity contribution in [1.29, 1.82) is 0 Å². The van der Waals surface area contributed by atoms with Crippen LogP contribution in [0.2, 0.25) is 0 Å². The maximum atomic E-state index is 6.25. The van der Waals surface area contributed by atoms with Gasteiger partial charge in [-0.25, -0.2) is 0 Å². The summed E-state index contributed by atoms with van der Waals surface area (Å²) in [6.45, 7) is 2.12. The van der Waals surface area contributed by atoms with Crippen molar-refractivity contribution in [2.24, 2.45) is 5.73 Å². The smallest absolute Gasteiger partial charge is 0.234 e. The molecule has 0 aliphatic heterocycles. The van der Waals surface area contributed by atoms with Crippen molar-refractivity contribution in [3.05, 3.63) is 30.4 Å². The van der Waals surface area contributed by atoms with E-state index < -0.39 is 0 Å². The molecule has 0 spiro atoms.